The van der Waals surface area contributed by atoms with Gasteiger partial charge in [-0.3, -0.25) is 4.79 Å². The molecule has 90 valence electrons. The molecule has 4 nitrogen and oxygen atoms in total. The molecule has 0 saturated heterocycles. The van der Waals surface area contributed by atoms with Crippen LogP contribution in [0.1, 0.15) is 11.1 Å². The van der Waals surface area contributed by atoms with Gasteiger partial charge in [-0.15, -0.1) is 0 Å². The maximum Gasteiger partial charge on any atom is 0.387 e. The van der Waals surface area contributed by atoms with Crippen molar-refractivity contribution in [3.05, 3.63) is 28.3 Å². The second-order valence-corrected chi connectivity index (χ2v) is 3.39. The van der Waals surface area contributed by atoms with E-state index in [1.54, 1.807) is 6.07 Å². The minimum absolute atomic E-state index is 0.00120. The molecule has 0 bridgehead atoms. The van der Waals surface area contributed by atoms with Crippen LogP contribution in [0.25, 0.3) is 0 Å². The summed E-state index contributed by atoms with van der Waals surface area (Å²) < 4.78 is 28.2. The molecule has 0 heterocycles. The summed E-state index contributed by atoms with van der Waals surface area (Å²) in [6.07, 6.45) is -0.478. The highest BCUT2D eigenvalue weighted by Gasteiger charge is 2.15. The molecule has 1 aromatic rings. The van der Waals surface area contributed by atoms with E-state index in [0.29, 0.717) is 0 Å². The lowest BCUT2D eigenvalue weighted by Crippen LogP contribution is -2.06. The van der Waals surface area contributed by atoms with Crippen LogP contribution in [0.15, 0.2) is 12.1 Å². The number of ether oxygens (including phenoxy) is 1. The highest BCUT2D eigenvalue weighted by Crippen LogP contribution is 2.31. The maximum absolute atomic E-state index is 12.1. The predicted molar refractivity (Wildman–Crippen MR) is 54.1 cm³/mol. The van der Waals surface area contributed by atoms with Gasteiger partial charge in [-0.2, -0.15) is 14.0 Å². The molecule has 7 heteroatoms. The molecule has 1 N–H and O–H groups in total. The van der Waals surface area contributed by atoms with Gasteiger partial charge in [0.15, 0.2) is 0 Å². The summed E-state index contributed by atoms with van der Waals surface area (Å²) >= 11 is 5.69. The standard InChI is InChI=1S/C10H6ClF2NO3/c11-9-6(3-8(15)16)1-5(4-14)2-7(9)17-10(12)13/h1-2,10H,3H2,(H,15,16). The summed E-state index contributed by atoms with van der Waals surface area (Å²) in [5, 5.41) is 17.0. The topological polar surface area (TPSA) is 70.3 Å². The zero-order chi connectivity index (χ0) is 13.0. The van der Waals surface area contributed by atoms with Gasteiger partial charge in [-0.1, -0.05) is 11.6 Å². The molecule has 0 amide bonds. The van der Waals surface area contributed by atoms with Crippen LogP contribution in [0.5, 0.6) is 5.75 Å². The van der Waals surface area contributed by atoms with Gasteiger partial charge in [0, 0.05) is 0 Å². The molecule has 1 rings (SSSR count). The quantitative estimate of drug-likeness (QED) is 0.904. The summed E-state index contributed by atoms with van der Waals surface area (Å²) in [4.78, 5) is 10.5. The predicted octanol–water partition coefficient (Wildman–Crippen LogP) is 2.44. The molecule has 1 aromatic carbocycles. The number of carboxylic acids is 1. The fraction of sp³-hybridized carbons (Fsp3) is 0.200. The number of alkyl halides is 2. The molecule has 0 unspecified atom stereocenters. The van der Waals surface area contributed by atoms with Gasteiger partial charge in [0.2, 0.25) is 0 Å². The Balaban J connectivity index is 3.21. The smallest absolute Gasteiger partial charge is 0.387 e. The highest BCUT2D eigenvalue weighted by atomic mass is 35.5. The number of rotatable bonds is 4. The Morgan fingerprint density at radius 3 is 2.71 bits per heavy atom. The van der Waals surface area contributed by atoms with E-state index in [1.807, 2.05) is 0 Å². The first kappa shape index (κ1) is 13.2. The van der Waals surface area contributed by atoms with Crippen molar-refractivity contribution >= 4 is 17.6 Å². The van der Waals surface area contributed by atoms with E-state index in [9.17, 15) is 13.6 Å². The average molecular weight is 262 g/mol. The molecule has 0 radical (unpaired) electrons. The van der Waals surface area contributed by atoms with E-state index in [0.717, 1.165) is 6.07 Å². The van der Waals surface area contributed by atoms with E-state index in [1.165, 1.54) is 6.07 Å². The fourth-order valence-electron chi connectivity index (χ4n) is 1.19. The van der Waals surface area contributed by atoms with Crippen molar-refractivity contribution in [2.45, 2.75) is 13.0 Å². The van der Waals surface area contributed by atoms with Crippen LogP contribution in [0.2, 0.25) is 5.02 Å². The van der Waals surface area contributed by atoms with Gasteiger partial charge in [-0.05, 0) is 17.7 Å². The lowest BCUT2D eigenvalue weighted by molar-refractivity contribution is -0.136. The van der Waals surface area contributed by atoms with E-state index < -0.39 is 24.8 Å². The summed E-state index contributed by atoms with van der Waals surface area (Å²) in [5.74, 6) is -1.60. The molecule has 0 spiro atoms. The number of aliphatic carboxylic acids is 1. The van der Waals surface area contributed by atoms with Gasteiger partial charge in [0.1, 0.15) is 5.75 Å². The van der Waals surface area contributed by atoms with Gasteiger partial charge in [-0.25, -0.2) is 0 Å². The lowest BCUT2D eigenvalue weighted by Gasteiger charge is -2.10. The van der Waals surface area contributed by atoms with Gasteiger partial charge >= 0.3 is 12.6 Å². The monoisotopic (exact) mass is 261 g/mol. The lowest BCUT2D eigenvalue weighted by atomic mass is 10.1. The van der Waals surface area contributed by atoms with Crippen molar-refractivity contribution in [1.82, 2.24) is 0 Å². The van der Waals surface area contributed by atoms with Crippen molar-refractivity contribution in [2.75, 3.05) is 0 Å². The second-order valence-electron chi connectivity index (χ2n) is 3.01. The summed E-state index contributed by atoms with van der Waals surface area (Å²) in [7, 11) is 0. The van der Waals surface area contributed by atoms with Crippen LogP contribution in [0, 0.1) is 11.3 Å². The summed E-state index contributed by atoms with van der Waals surface area (Å²) in [5.41, 5.74) is 0.0511. The number of hydrogen-bond donors (Lipinski definition) is 1. The fourth-order valence-corrected chi connectivity index (χ4v) is 1.41. The number of benzene rings is 1. The third-order valence-corrected chi connectivity index (χ3v) is 2.23. The van der Waals surface area contributed by atoms with Crippen molar-refractivity contribution in [1.29, 1.82) is 5.26 Å². The summed E-state index contributed by atoms with van der Waals surface area (Å²) in [6, 6.07) is 3.95. The van der Waals surface area contributed by atoms with Crippen molar-refractivity contribution in [3.63, 3.8) is 0 Å². The zero-order valence-corrected chi connectivity index (χ0v) is 9.04. The van der Waals surface area contributed by atoms with Crippen LogP contribution >= 0.6 is 11.6 Å². The molecule has 0 aliphatic carbocycles. The molecule has 0 saturated carbocycles. The Morgan fingerprint density at radius 2 is 2.24 bits per heavy atom. The number of carbonyl (C=O) groups is 1. The van der Waals surface area contributed by atoms with Crippen LogP contribution in [0.3, 0.4) is 0 Å². The molecular formula is C10H6ClF2NO3. The minimum atomic E-state index is -3.10. The van der Waals surface area contributed by atoms with E-state index in [4.69, 9.17) is 22.0 Å². The Morgan fingerprint density at radius 1 is 1.59 bits per heavy atom. The average Bonchev–Trinajstić information content (AvgIpc) is 2.22. The van der Waals surface area contributed by atoms with Gasteiger partial charge < -0.3 is 9.84 Å². The Kier molecular flexibility index (Phi) is 4.24. The molecule has 0 aliphatic rings. The normalized spacial score (nSPS) is 10.1. The minimum Gasteiger partial charge on any atom is -0.481 e. The Labute approximate surface area is 100.0 Å². The number of nitrogens with zero attached hydrogens (tertiary/aromatic N) is 1. The van der Waals surface area contributed by atoms with Crippen molar-refractivity contribution in [3.8, 4) is 11.8 Å². The largest absolute Gasteiger partial charge is 0.481 e. The number of nitriles is 1. The van der Waals surface area contributed by atoms with E-state index in [2.05, 4.69) is 4.74 Å². The van der Waals surface area contributed by atoms with Gasteiger partial charge in [0.25, 0.3) is 0 Å². The molecule has 0 atom stereocenters. The Bertz CT molecular complexity index is 485. The second kappa shape index (κ2) is 5.46. The molecule has 0 fully saturated rings. The van der Waals surface area contributed by atoms with Crippen LogP contribution in [-0.2, 0) is 11.2 Å². The first-order valence-corrected chi connectivity index (χ1v) is 4.71. The van der Waals surface area contributed by atoms with E-state index in [-0.39, 0.29) is 16.1 Å². The van der Waals surface area contributed by atoms with E-state index >= 15 is 0 Å². The van der Waals surface area contributed by atoms with Crippen molar-refractivity contribution < 1.29 is 23.4 Å². The molecule has 0 aromatic heterocycles. The SMILES string of the molecule is N#Cc1cc(CC(=O)O)c(Cl)c(OC(F)F)c1. The molecule has 0 aliphatic heterocycles. The zero-order valence-electron chi connectivity index (χ0n) is 8.28. The van der Waals surface area contributed by atoms with Crippen LogP contribution in [-0.4, -0.2) is 17.7 Å². The number of hydrogen-bond acceptors (Lipinski definition) is 3. The molecule has 17 heavy (non-hydrogen) atoms. The molecular weight excluding hydrogens is 256 g/mol. The third kappa shape index (κ3) is 3.57. The number of carboxylic acid groups (broad SMARTS) is 1. The Hall–Kier alpha value is -1.87. The first-order valence-electron chi connectivity index (χ1n) is 4.33. The first-order chi connectivity index (χ1) is 7.93. The number of halogens is 3. The van der Waals surface area contributed by atoms with Crippen LogP contribution in [0.4, 0.5) is 8.78 Å². The van der Waals surface area contributed by atoms with Crippen molar-refractivity contribution in [2.24, 2.45) is 0 Å². The highest BCUT2D eigenvalue weighted by molar-refractivity contribution is 6.33. The summed E-state index contributed by atoms with van der Waals surface area (Å²) in [6.45, 7) is -3.10. The third-order valence-electron chi connectivity index (χ3n) is 1.80. The van der Waals surface area contributed by atoms with Gasteiger partial charge in [0.05, 0.1) is 23.1 Å². The maximum atomic E-state index is 12.1. The van der Waals surface area contributed by atoms with Crippen LogP contribution < -0.4 is 4.74 Å².